The molecule has 148 valence electrons. The maximum absolute atomic E-state index is 13.4. The van der Waals surface area contributed by atoms with Gasteiger partial charge >= 0.3 is 0 Å². The largest absolute Gasteiger partial charge is 0.265 e. The predicted octanol–water partition coefficient (Wildman–Crippen LogP) is 5.04. The Morgan fingerprint density at radius 3 is 2.28 bits per heavy atom. The molecule has 0 bridgehead atoms. The number of amidine groups is 1. The SMILES string of the molecule is Cc1ccc(S(=O)(=O)N2CC(c3ccc(Cl)cc3)N=C2Cc2ccccc2)cc1. The number of halogens is 1. The molecule has 0 N–H and O–H groups in total. The summed E-state index contributed by atoms with van der Waals surface area (Å²) in [6, 6.07) is 23.9. The van der Waals surface area contributed by atoms with E-state index in [0.717, 1.165) is 16.7 Å². The van der Waals surface area contributed by atoms with Crippen molar-refractivity contribution in [1.82, 2.24) is 4.31 Å². The number of benzene rings is 3. The summed E-state index contributed by atoms with van der Waals surface area (Å²) in [5, 5.41) is 0.643. The van der Waals surface area contributed by atoms with Gasteiger partial charge in [0, 0.05) is 11.4 Å². The Bertz CT molecular complexity index is 1130. The van der Waals surface area contributed by atoms with Crippen molar-refractivity contribution in [1.29, 1.82) is 0 Å². The third kappa shape index (κ3) is 4.21. The van der Waals surface area contributed by atoms with Crippen molar-refractivity contribution in [2.75, 3.05) is 6.54 Å². The second kappa shape index (κ2) is 8.01. The lowest BCUT2D eigenvalue weighted by Gasteiger charge is -2.21. The first kappa shape index (κ1) is 19.7. The summed E-state index contributed by atoms with van der Waals surface area (Å²) >= 11 is 6.01. The molecule has 0 radical (unpaired) electrons. The van der Waals surface area contributed by atoms with Gasteiger partial charge in [-0.25, -0.2) is 8.42 Å². The Hall–Kier alpha value is -2.63. The van der Waals surface area contributed by atoms with Gasteiger partial charge in [-0.05, 0) is 42.3 Å². The summed E-state index contributed by atoms with van der Waals surface area (Å²) in [5.74, 6) is 0.553. The Labute approximate surface area is 176 Å². The van der Waals surface area contributed by atoms with E-state index in [1.165, 1.54) is 4.31 Å². The first-order chi connectivity index (χ1) is 13.9. The van der Waals surface area contributed by atoms with Crippen LogP contribution in [-0.4, -0.2) is 25.1 Å². The Morgan fingerprint density at radius 2 is 1.62 bits per heavy atom. The Kier molecular flexibility index (Phi) is 5.43. The third-order valence-electron chi connectivity index (χ3n) is 5.00. The van der Waals surface area contributed by atoms with Crippen LogP contribution in [0, 0.1) is 6.92 Å². The van der Waals surface area contributed by atoms with Crippen molar-refractivity contribution in [2.45, 2.75) is 24.3 Å². The van der Waals surface area contributed by atoms with Gasteiger partial charge in [0.15, 0.2) is 0 Å². The van der Waals surface area contributed by atoms with E-state index >= 15 is 0 Å². The van der Waals surface area contributed by atoms with Crippen LogP contribution in [0.1, 0.15) is 22.7 Å². The minimum absolute atomic E-state index is 0.258. The summed E-state index contributed by atoms with van der Waals surface area (Å²) in [5.41, 5.74) is 2.98. The summed E-state index contributed by atoms with van der Waals surface area (Å²) in [6.07, 6.45) is 0.454. The fourth-order valence-electron chi connectivity index (χ4n) is 3.40. The molecule has 0 spiro atoms. The average molecular weight is 425 g/mol. The van der Waals surface area contributed by atoms with Gasteiger partial charge in [-0.2, -0.15) is 0 Å². The molecule has 0 saturated heterocycles. The van der Waals surface area contributed by atoms with Crippen molar-refractivity contribution in [3.63, 3.8) is 0 Å². The highest BCUT2D eigenvalue weighted by Crippen LogP contribution is 2.31. The number of aliphatic imine (C=N–C) groups is 1. The quantitative estimate of drug-likeness (QED) is 0.576. The van der Waals surface area contributed by atoms with Gasteiger partial charge in [-0.1, -0.05) is 71.8 Å². The van der Waals surface area contributed by atoms with E-state index in [2.05, 4.69) is 0 Å². The van der Waals surface area contributed by atoms with Crippen molar-refractivity contribution < 1.29 is 8.42 Å². The molecular formula is C23H21ClN2O2S. The standard InChI is InChI=1S/C23H21ClN2O2S/c1-17-7-13-21(14-8-17)29(27,28)26-16-22(19-9-11-20(24)12-10-19)25-23(26)15-18-5-3-2-4-6-18/h2-14,22H,15-16H2,1H3. The Morgan fingerprint density at radius 1 is 0.966 bits per heavy atom. The fraction of sp³-hybridized carbons (Fsp3) is 0.174. The molecule has 1 unspecified atom stereocenters. The van der Waals surface area contributed by atoms with Crippen LogP contribution in [0.4, 0.5) is 0 Å². The van der Waals surface area contributed by atoms with Crippen LogP contribution >= 0.6 is 11.6 Å². The zero-order valence-corrected chi connectivity index (χ0v) is 17.6. The van der Waals surface area contributed by atoms with E-state index in [-0.39, 0.29) is 17.5 Å². The molecule has 0 amide bonds. The zero-order chi connectivity index (χ0) is 20.4. The van der Waals surface area contributed by atoms with Gasteiger partial charge in [0.25, 0.3) is 10.0 Å². The second-order valence-electron chi connectivity index (χ2n) is 7.12. The number of sulfonamides is 1. The van der Waals surface area contributed by atoms with Gasteiger partial charge < -0.3 is 0 Å². The number of rotatable bonds is 5. The van der Waals surface area contributed by atoms with Gasteiger partial charge in [-0.3, -0.25) is 9.30 Å². The molecule has 1 aliphatic rings. The fourth-order valence-corrected chi connectivity index (χ4v) is 4.99. The molecule has 1 aliphatic heterocycles. The van der Waals surface area contributed by atoms with Crippen LogP contribution in [-0.2, 0) is 16.4 Å². The maximum atomic E-state index is 13.4. The van der Waals surface area contributed by atoms with E-state index in [1.54, 1.807) is 24.3 Å². The van der Waals surface area contributed by atoms with Crippen LogP contribution < -0.4 is 0 Å². The molecule has 4 rings (SSSR count). The van der Waals surface area contributed by atoms with Gasteiger partial charge in [0.2, 0.25) is 0 Å². The summed E-state index contributed by atoms with van der Waals surface area (Å²) in [7, 11) is -3.70. The molecule has 6 heteroatoms. The van der Waals surface area contributed by atoms with Crippen molar-refractivity contribution in [3.8, 4) is 0 Å². The van der Waals surface area contributed by atoms with Gasteiger partial charge in [-0.15, -0.1) is 0 Å². The summed E-state index contributed by atoms with van der Waals surface area (Å²) < 4.78 is 28.3. The minimum Gasteiger partial charge on any atom is -0.261 e. The molecule has 4 nitrogen and oxygen atoms in total. The molecule has 1 heterocycles. The van der Waals surface area contributed by atoms with Crippen LogP contribution in [0.3, 0.4) is 0 Å². The molecule has 1 atom stereocenters. The van der Waals surface area contributed by atoms with Gasteiger partial charge in [0.05, 0.1) is 17.5 Å². The molecule has 0 fully saturated rings. The van der Waals surface area contributed by atoms with E-state index in [1.807, 2.05) is 61.5 Å². The van der Waals surface area contributed by atoms with Crippen LogP contribution in [0.15, 0.2) is 88.8 Å². The molecule has 29 heavy (non-hydrogen) atoms. The van der Waals surface area contributed by atoms with Crippen molar-refractivity contribution in [2.24, 2.45) is 4.99 Å². The van der Waals surface area contributed by atoms with Gasteiger partial charge in [0.1, 0.15) is 5.84 Å². The van der Waals surface area contributed by atoms with Crippen molar-refractivity contribution >= 4 is 27.5 Å². The smallest absolute Gasteiger partial charge is 0.261 e. The van der Waals surface area contributed by atoms with E-state index in [0.29, 0.717) is 17.3 Å². The lowest BCUT2D eigenvalue weighted by atomic mass is 10.1. The topological polar surface area (TPSA) is 49.7 Å². The first-order valence-electron chi connectivity index (χ1n) is 9.39. The second-order valence-corrected chi connectivity index (χ2v) is 9.42. The molecule has 3 aromatic carbocycles. The number of hydrogen-bond donors (Lipinski definition) is 0. The van der Waals surface area contributed by atoms with Crippen molar-refractivity contribution in [3.05, 3.63) is 101 Å². The number of aryl methyl sites for hydroxylation is 1. The highest BCUT2D eigenvalue weighted by molar-refractivity contribution is 7.89. The van der Waals surface area contributed by atoms with Crippen LogP contribution in [0.2, 0.25) is 5.02 Å². The highest BCUT2D eigenvalue weighted by Gasteiger charge is 2.35. The maximum Gasteiger partial charge on any atom is 0.265 e. The summed E-state index contributed by atoms with van der Waals surface area (Å²) in [6.45, 7) is 2.21. The monoisotopic (exact) mass is 424 g/mol. The third-order valence-corrected chi connectivity index (χ3v) is 7.06. The Balaban J connectivity index is 1.71. The molecular weight excluding hydrogens is 404 g/mol. The molecule has 3 aromatic rings. The number of nitrogens with zero attached hydrogens (tertiary/aromatic N) is 2. The normalized spacial score (nSPS) is 16.7. The zero-order valence-electron chi connectivity index (χ0n) is 16.0. The van der Waals surface area contributed by atoms with E-state index in [4.69, 9.17) is 16.6 Å². The van der Waals surface area contributed by atoms with Crippen LogP contribution in [0.25, 0.3) is 0 Å². The first-order valence-corrected chi connectivity index (χ1v) is 11.2. The predicted molar refractivity (Wildman–Crippen MR) is 117 cm³/mol. The lowest BCUT2D eigenvalue weighted by Crippen LogP contribution is -2.35. The minimum atomic E-state index is -3.70. The highest BCUT2D eigenvalue weighted by atomic mass is 35.5. The molecule has 0 saturated carbocycles. The van der Waals surface area contributed by atoms with E-state index < -0.39 is 10.0 Å². The van der Waals surface area contributed by atoms with Crippen LogP contribution in [0.5, 0.6) is 0 Å². The summed E-state index contributed by atoms with van der Waals surface area (Å²) in [4.78, 5) is 5.07. The number of hydrogen-bond acceptors (Lipinski definition) is 3. The molecule has 0 aromatic heterocycles. The lowest BCUT2D eigenvalue weighted by molar-refractivity contribution is 0.518. The average Bonchev–Trinajstić information content (AvgIpc) is 3.14. The molecule has 0 aliphatic carbocycles. The van der Waals surface area contributed by atoms with E-state index in [9.17, 15) is 8.42 Å².